The van der Waals surface area contributed by atoms with Crippen LogP contribution in [0.25, 0.3) is 0 Å². The van der Waals surface area contributed by atoms with Crippen LogP contribution in [0.5, 0.6) is 5.75 Å². The van der Waals surface area contributed by atoms with E-state index in [4.69, 9.17) is 9.47 Å². The molecule has 0 saturated carbocycles. The van der Waals surface area contributed by atoms with Crippen molar-refractivity contribution >= 4 is 0 Å². The van der Waals surface area contributed by atoms with E-state index in [2.05, 4.69) is 38.2 Å². The molecule has 0 bridgehead atoms. The first-order chi connectivity index (χ1) is 8.49. The molecule has 3 heteroatoms. The quantitative estimate of drug-likeness (QED) is 0.808. The molecule has 0 fully saturated rings. The number of hydrogen-bond donors (Lipinski definition) is 1. The molecule has 1 unspecified atom stereocenters. The van der Waals surface area contributed by atoms with Crippen LogP contribution in [0.4, 0.5) is 0 Å². The number of benzene rings is 1. The van der Waals surface area contributed by atoms with Gasteiger partial charge in [0.15, 0.2) is 0 Å². The molecular weight excluding hydrogens is 226 g/mol. The van der Waals surface area contributed by atoms with Crippen LogP contribution in [-0.2, 0) is 11.3 Å². The molecule has 1 N–H and O–H groups in total. The topological polar surface area (TPSA) is 30.5 Å². The van der Waals surface area contributed by atoms with Gasteiger partial charge in [-0.3, -0.25) is 0 Å². The summed E-state index contributed by atoms with van der Waals surface area (Å²) in [4.78, 5) is 0. The van der Waals surface area contributed by atoms with E-state index >= 15 is 0 Å². The van der Waals surface area contributed by atoms with Gasteiger partial charge in [0, 0.05) is 19.7 Å². The van der Waals surface area contributed by atoms with Crippen LogP contribution in [-0.4, -0.2) is 25.4 Å². The van der Waals surface area contributed by atoms with Gasteiger partial charge in [0.1, 0.15) is 5.75 Å². The first-order valence-corrected chi connectivity index (χ1v) is 6.50. The Balaban J connectivity index is 2.55. The predicted molar refractivity (Wildman–Crippen MR) is 75.0 cm³/mol. The van der Waals surface area contributed by atoms with E-state index in [0.29, 0.717) is 6.61 Å². The first kappa shape index (κ1) is 15.0. The molecule has 0 heterocycles. The third-order valence-electron chi connectivity index (χ3n) is 3.39. The van der Waals surface area contributed by atoms with E-state index in [-0.39, 0.29) is 11.6 Å². The molecule has 0 saturated heterocycles. The maximum atomic E-state index is 5.49. The number of nitrogens with one attached hydrogen (secondary N) is 1. The van der Waals surface area contributed by atoms with Gasteiger partial charge in [0.2, 0.25) is 0 Å². The van der Waals surface area contributed by atoms with Gasteiger partial charge in [-0.2, -0.15) is 0 Å². The Hall–Kier alpha value is -1.06. The Morgan fingerprint density at radius 2 is 2.06 bits per heavy atom. The molecule has 0 radical (unpaired) electrons. The zero-order valence-electron chi connectivity index (χ0n) is 12.1. The second-order valence-corrected chi connectivity index (χ2v) is 4.99. The molecule has 0 amide bonds. The number of methoxy groups -OCH3 is 1. The molecule has 102 valence electrons. The molecular formula is C15H25NO2. The van der Waals surface area contributed by atoms with E-state index in [1.165, 1.54) is 5.56 Å². The van der Waals surface area contributed by atoms with Crippen LogP contribution in [0.15, 0.2) is 24.3 Å². The lowest BCUT2D eigenvalue weighted by Crippen LogP contribution is -2.45. The highest BCUT2D eigenvalue weighted by Crippen LogP contribution is 2.16. The van der Waals surface area contributed by atoms with E-state index in [1.54, 1.807) is 7.11 Å². The molecule has 0 aromatic heterocycles. The van der Waals surface area contributed by atoms with Gasteiger partial charge < -0.3 is 14.8 Å². The molecule has 0 aliphatic rings. The highest BCUT2D eigenvalue weighted by atomic mass is 16.5. The highest BCUT2D eigenvalue weighted by molar-refractivity contribution is 5.28. The summed E-state index contributed by atoms with van der Waals surface area (Å²) in [5.41, 5.74) is 1.05. The molecule has 1 aromatic rings. The fourth-order valence-corrected chi connectivity index (χ4v) is 1.61. The van der Waals surface area contributed by atoms with Crippen molar-refractivity contribution in [3.8, 4) is 5.75 Å². The van der Waals surface area contributed by atoms with Crippen LogP contribution in [0.3, 0.4) is 0 Å². The minimum atomic E-state index is -0.169. The third kappa shape index (κ3) is 4.31. The van der Waals surface area contributed by atoms with Crippen LogP contribution < -0.4 is 10.1 Å². The normalized spacial score (nSPS) is 13.4. The van der Waals surface area contributed by atoms with Crippen molar-refractivity contribution in [3.63, 3.8) is 0 Å². The fraction of sp³-hybridized carbons (Fsp3) is 0.600. The monoisotopic (exact) mass is 251 g/mol. The zero-order chi connectivity index (χ0) is 13.6. The minimum absolute atomic E-state index is 0.169. The van der Waals surface area contributed by atoms with Gasteiger partial charge in [0.05, 0.1) is 12.2 Å². The average Bonchev–Trinajstić information content (AvgIpc) is 2.36. The first-order valence-electron chi connectivity index (χ1n) is 6.50. The van der Waals surface area contributed by atoms with Gasteiger partial charge in [0.25, 0.3) is 0 Å². The largest absolute Gasteiger partial charge is 0.494 e. The second kappa shape index (κ2) is 6.76. The van der Waals surface area contributed by atoms with Crippen molar-refractivity contribution in [2.75, 3.05) is 13.7 Å². The van der Waals surface area contributed by atoms with E-state index in [0.717, 1.165) is 12.3 Å². The maximum Gasteiger partial charge on any atom is 0.119 e. The average molecular weight is 251 g/mol. The second-order valence-electron chi connectivity index (χ2n) is 4.99. The molecule has 1 rings (SSSR count). The molecule has 0 aliphatic carbocycles. The predicted octanol–water partition coefficient (Wildman–Crippen LogP) is 2.99. The lowest BCUT2D eigenvalue weighted by Gasteiger charge is -2.31. The summed E-state index contributed by atoms with van der Waals surface area (Å²) in [6, 6.07) is 8.45. The summed E-state index contributed by atoms with van der Waals surface area (Å²) in [5, 5.41) is 3.48. The van der Waals surface area contributed by atoms with Crippen LogP contribution in [0.2, 0.25) is 0 Å². The molecule has 1 aromatic carbocycles. The van der Waals surface area contributed by atoms with E-state index in [9.17, 15) is 0 Å². The van der Waals surface area contributed by atoms with E-state index in [1.807, 2.05) is 19.1 Å². The maximum absolute atomic E-state index is 5.49. The fourth-order valence-electron chi connectivity index (χ4n) is 1.61. The summed E-state index contributed by atoms with van der Waals surface area (Å²) in [6.45, 7) is 9.81. The Kier molecular flexibility index (Phi) is 5.63. The van der Waals surface area contributed by atoms with Crippen molar-refractivity contribution < 1.29 is 9.47 Å². The van der Waals surface area contributed by atoms with Crippen molar-refractivity contribution in [2.45, 2.75) is 45.9 Å². The van der Waals surface area contributed by atoms with Crippen molar-refractivity contribution in [1.29, 1.82) is 0 Å². The molecule has 3 nitrogen and oxygen atoms in total. The smallest absolute Gasteiger partial charge is 0.119 e. The van der Waals surface area contributed by atoms with Crippen molar-refractivity contribution in [1.82, 2.24) is 5.32 Å². The lowest BCUT2D eigenvalue weighted by atomic mass is 10.00. The van der Waals surface area contributed by atoms with Gasteiger partial charge in [-0.15, -0.1) is 0 Å². The highest BCUT2D eigenvalue weighted by Gasteiger charge is 2.24. The summed E-state index contributed by atoms with van der Waals surface area (Å²) >= 11 is 0. The summed E-state index contributed by atoms with van der Waals surface area (Å²) in [7, 11) is 1.74. The molecule has 0 spiro atoms. The summed E-state index contributed by atoms with van der Waals surface area (Å²) < 4.78 is 11.0. The zero-order valence-corrected chi connectivity index (χ0v) is 12.1. The van der Waals surface area contributed by atoms with Crippen LogP contribution in [0.1, 0.15) is 33.3 Å². The molecule has 0 aliphatic heterocycles. The standard InChI is InChI=1S/C15H25NO2/c1-6-18-14-9-7-8-13(10-14)11-16-12(2)15(3,4)17-5/h7-10,12,16H,6,11H2,1-5H3. The minimum Gasteiger partial charge on any atom is -0.494 e. The Morgan fingerprint density at radius 3 is 2.67 bits per heavy atom. The van der Waals surface area contributed by atoms with Gasteiger partial charge in [-0.05, 0) is 45.4 Å². The number of hydrogen-bond acceptors (Lipinski definition) is 3. The Labute approximate surface area is 110 Å². The summed E-state index contributed by atoms with van der Waals surface area (Å²) in [5.74, 6) is 0.926. The summed E-state index contributed by atoms with van der Waals surface area (Å²) in [6.07, 6.45) is 0. The van der Waals surface area contributed by atoms with E-state index < -0.39 is 0 Å². The number of rotatable bonds is 7. The Morgan fingerprint density at radius 1 is 1.33 bits per heavy atom. The van der Waals surface area contributed by atoms with Gasteiger partial charge >= 0.3 is 0 Å². The molecule has 18 heavy (non-hydrogen) atoms. The number of ether oxygens (including phenoxy) is 2. The van der Waals surface area contributed by atoms with Crippen LogP contribution in [0, 0.1) is 0 Å². The lowest BCUT2D eigenvalue weighted by molar-refractivity contribution is -0.00544. The van der Waals surface area contributed by atoms with Crippen molar-refractivity contribution in [2.24, 2.45) is 0 Å². The third-order valence-corrected chi connectivity index (χ3v) is 3.39. The van der Waals surface area contributed by atoms with Gasteiger partial charge in [-0.25, -0.2) is 0 Å². The SMILES string of the molecule is CCOc1cccc(CNC(C)C(C)(C)OC)c1. The van der Waals surface area contributed by atoms with Crippen LogP contribution >= 0.6 is 0 Å². The molecule has 1 atom stereocenters. The van der Waals surface area contributed by atoms with Crippen molar-refractivity contribution in [3.05, 3.63) is 29.8 Å². The van der Waals surface area contributed by atoms with Gasteiger partial charge in [-0.1, -0.05) is 12.1 Å². The Bertz CT molecular complexity index is 363.